The maximum absolute atomic E-state index is 12.3. The van der Waals surface area contributed by atoms with Crippen LogP contribution in [-0.2, 0) is 17.8 Å². The zero-order chi connectivity index (χ0) is 16.4. The number of anilines is 1. The van der Waals surface area contributed by atoms with Crippen molar-refractivity contribution in [1.29, 1.82) is 0 Å². The van der Waals surface area contributed by atoms with Crippen molar-refractivity contribution in [1.82, 2.24) is 19.8 Å². The predicted octanol–water partition coefficient (Wildman–Crippen LogP) is 1.97. The van der Waals surface area contributed by atoms with E-state index in [0.717, 1.165) is 62.7 Å². The molecule has 1 atom stereocenters. The first-order valence-electron chi connectivity index (χ1n) is 8.69. The molecule has 0 bridgehead atoms. The number of hydrogen-bond acceptors (Lipinski definition) is 5. The minimum absolute atomic E-state index is 0.0354. The highest BCUT2D eigenvalue weighted by molar-refractivity contribution is 5.76. The molecule has 2 aliphatic heterocycles. The van der Waals surface area contributed by atoms with Gasteiger partial charge in [-0.2, -0.15) is 0 Å². The van der Waals surface area contributed by atoms with E-state index in [4.69, 9.17) is 9.97 Å². The Morgan fingerprint density at radius 1 is 1.30 bits per heavy atom. The van der Waals surface area contributed by atoms with E-state index < -0.39 is 0 Å². The van der Waals surface area contributed by atoms with E-state index >= 15 is 0 Å². The van der Waals surface area contributed by atoms with Crippen LogP contribution >= 0.6 is 0 Å². The number of likely N-dealkylation sites (N-methyl/N-ethyl adjacent to an activating group) is 1. The lowest BCUT2D eigenvalue weighted by Gasteiger charge is -2.35. The molecule has 126 valence electrons. The number of rotatable bonds is 3. The van der Waals surface area contributed by atoms with E-state index in [-0.39, 0.29) is 11.9 Å². The Hall–Kier alpha value is -1.69. The Morgan fingerprint density at radius 3 is 2.87 bits per heavy atom. The summed E-state index contributed by atoms with van der Waals surface area (Å²) >= 11 is 0. The molecule has 1 saturated heterocycles. The summed E-state index contributed by atoms with van der Waals surface area (Å²) < 4.78 is 0. The zero-order valence-electron chi connectivity index (χ0n) is 14.4. The Labute approximate surface area is 138 Å². The van der Waals surface area contributed by atoms with E-state index in [2.05, 4.69) is 17.3 Å². The summed E-state index contributed by atoms with van der Waals surface area (Å²) in [5, 5.41) is 3.23. The van der Waals surface area contributed by atoms with Crippen LogP contribution in [0.4, 0.5) is 5.82 Å². The standard InChI is InChI=1S/C17H27N5O/c1-4-15(23)22-9-6-5-7-14(22)17-19-13-8-10-21(3)11-12(13)16(18-2)20-17/h14H,4-11H2,1-3H3,(H,18,19,20). The highest BCUT2D eigenvalue weighted by Gasteiger charge is 2.31. The third kappa shape index (κ3) is 3.17. The molecule has 1 fully saturated rings. The van der Waals surface area contributed by atoms with E-state index in [0.29, 0.717) is 6.42 Å². The molecule has 0 spiro atoms. The van der Waals surface area contributed by atoms with E-state index in [9.17, 15) is 4.79 Å². The monoisotopic (exact) mass is 317 g/mol. The SMILES string of the molecule is CCC(=O)N1CCCCC1c1nc2c(c(NC)n1)CN(C)CC2. The number of likely N-dealkylation sites (tertiary alicyclic amines) is 1. The van der Waals surface area contributed by atoms with Crippen LogP contribution in [0.25, 0.3) is 0 Å². The molecule has 1 aromatic rings. The molecule has 0 saturated carbocycles. The van der Waals surface area contributed by atoms with Gasteiger partial charge in [-0.15, -0.1) is 0 Å². The molecule has 6 nitrogen and oxygen atoms in total. The summed E-state index contributed by atoms with van der Waals surface area (Å²) in [6.07, 6.45) is 4.68. The Balaban J connectivity index is 1.97. The second-order valence-electron chi connectivity index (χ2n) is 6.55. The van der Waals surface area contributed by atoms with Gasteiger partial charge in [0.15, 0.2) is 5.82 Å². The molecule has 3 heterocycles. The molecular formula is C17H27N5O. The minimum atomic E-state index is 0.0354. The number of nitrogens with one attached hydrogen (secondary N) is 1. The zero-order valence-corrected chi connectivity index (χ0v) is 14.4. The first-order valence-corrected chi connectivity index (χ1v) is 8.69. The molecule has 1 N–H and O–H groups in total. The fourth-order valence-electron chi connectivity index (χ4n) is 3.63. The van der Waals surface area contributed by atoms with Gasteiger partial charge >= 0.3 is 0 Å². The van der Waals surface area contributed by atoms with Gasteiger partial charge in [-0.1, -0.05) is 6.92 Å². The summed E-state index contributed by atoms with van der Waals surface area (Å²) in [5.74, 6) is 1.95. The average Bonchev–Trinajstić information content (AvgIpc) is 2.60. The average molecular weight is 317 g/mol. The van der Waals surface area contributed by atoms with Crippen molar-refractivity contribution in [2.75, 3.05) is 32.5 Å². The number of hydrogen-bond donors (Lipinski definition) is 1. The lowest BCUT2D eigenvalue weighted by Crippen LogP contribution is -2.39. The smallest absolute Gasteiger partial charge is 0.222 e. The topological polar surface area (TPSA) is 61.4 Å². The fraction of sp³-hybridized carbons (Fsp3) is 0.706. The van der Waals surface area contributed by atoms with Crippen LogP contribution in [0.15, 0.2) is 0 Å². The van der Waals surface area contributed by atoms with Crippen molar-refractivity contribution in [2.24, 2.45) is 0 Å². The lowest BCUT2D eigenvalue weighted by molar-refractivity contribution is -0.134. The van der Waals surface area contributed by atoms with Crippen LogP contribution in [0.5, 0.6) is 0 Å². The molecule has 23 heavy (non-hydrogen) atoms. The van der Waals surface area contributed by atoms with Gasteiger partial charge in [-0.3, -0.25) is 4.79 Å². The minimum Gasteiger partial charge on any atom is -0.373 e. The predicted molar refractivity (Wildman–Crippen MR) is 90.2 cm³/mol. The van der Waals surface area contributed by atoms with Gasteiger partial charge in [0.05, 0.1) is 11.7 Å². The highest BCUT2D eigenvalue weighted by Crippen LogP contribution is 2.32. The molecule has 2 aliphatic rings. The van der Waals surface area contributed by atoms with Crippen molar-refractivity contribution < 1.29 is 4.79 Å². The van der Waals surface area contributed by atoms with Crippen LogP contribution in [0, 0.1) is 0 Å². The van der Waals surface area contributed by atoms with Crippen molar-refractivity contribution in [3.63, 3.8) is 0 Å². The number of aromatic nitrogens is 2. The summed E-state index contributed by atoms with van der Waals surface area (Å²) in [7, 11) is 4.04. The molecule has 0 radical (unpaired) electrons. The quantitative estimate of drug-likeness (QED) is 0.923. The number of carbonyl (C=O) groups excluding carboxylic acids is 1. The number of amides is 1. The highest BCUT2D eigenvalue weighted by atomic mass is 16.2. The largest absolute Gasteiger partial charge is 0.373 e. The summed E-state index contributed by atoms with van der Waals surface area (Å²) in [6.45, 7) is 4.66. The van der Waals surface area contributed by atoms with Crippen molar-refractivity contribution in [3.8, 4) is 0 Å². The molecule has 3 rings (SSSR count). The molecular weight excluding hydrogens is 290 g/mol. The fourth-order valence-corrected chi connectivity index (χ4v) is 3.63. The Morgan fingerprint density at radius 2 is 2.13 bits per heavy atom. The van der Waals surface area contributed by atoms with Gasteiger partial charge in [-0.05, 0) is 26.3 Å². The van der Waals surface area contributed by atoms with Crippen molar-refractivity contribution >= 4 is 11.7 Å². The number of piperidine rings is 1. The summed E-state index contributed by atoms with van der Waals surface area (Å²) in [5.41, 5.74) is 2.35. The van der Waals surface area contributed by atoms with Gasteiger partial charge in [0.25, 0.3) is 0 Å². The van der Waals surface area contributed by atoms with E-state index in [1.54, 1.807) is 0 Å². The van der Waals surface area contributed by atoms with Crippen LogP contribution in [0.2, 0.25) is 0 Å². The van der Waals surface area contributed by atoms with Gasteiger partial charge in [0.1, 0.15) is 5.82 Å². The second-order valence-corrected chi connectivity index (χ2v) is 6.55. The third-order valence-corrected chi connectivity index (χ3v) is 4.93. The third-order valence-electron chi connectivity index (χ3n) is 4.93. The van der Waals surface area contributed by atoms with Crippen molar-refractivity contribution in [2.45, 2.75) is 51.6 Å². The maximum Gasteiger partial charge on any atom is 0.222 e. The first kappa shape index (κ1) is 16.2. The Bertz CT molecular complexity index is 571. The molecule has 1 amide bonds. The first-order chi connectivity index (χ1) is 11.1. The second kappa shape index (κ2) is 6.83. The molecule has 0 aliphatic carbocycles. The maximum atomic E-state index is 12.3. The van der Waals surface area contributed by atoms with Crippen LogP contribution in [-0.4, -0.2) is 52.9 Å². The normalized spacial score (nSPS) is 21.9. The van der Waals surface area contributed by atoms with Crippen LogP contribution < -0.4 is 5.32 Å². The Kier molecular flexibility index (Phi) is 4.80. The molecule has 1 aromatic heterocycles. The van der Waals surface area contributed by atoms with Gasteiger partial charge < -0.3 is 15.1 Å². The number of nitrogens with zero attached hydrogens (tertiary/aromatic N) is 4. The van der Waals surface area contributed by atoms with E-state index in [1.807, 2.05) is 18.9 Å². The van der Waals surface area contributed by atoms with Crippen LogP contribution in [0.1, 0.15) is 55.7 Å². The molecule has 0 aromatic carbocycles. The van der Waals surface area contributed by atoms with Gasteiger partial charge in [-0.25, -0.2) is 9.97 Å². The molecule has 6 heteroatoms. The van der Waals surface area contributed by atoms with Crippen molar-refractivity contribution in [3.05, 3.63) is 17.1 Å². The van der Waals surface area contributed by atoms with Gasteiger partial charge in [0.2, 0.25) is 5.91 Å². The summed E-state index contributed by atoms with van der Waals surface area (Å²) in [6, 6.07) is 0.0354. The lowest BCUT2D eigenvalue weighted by atomic mass is 9.99. The molecule has 1 unspecified atom stereocenters. The van der Waals surface area contributed by atoms with Crippen LogP contribution in [0.3, 0.4) is 0 Å². The van der Waals surface area contributed by atoms with E-state index in [1.165, 1.54) is 5.56 Å². The summed E-state index contributed by atoms with van der Waals surface area (Å²) in [4.78, 5) is 26.2. The van der Waals surface area contributed by atoms with Gasteiger partial charge in [0, 0.05) is 45.1 Å². The number of carbonyl (C=O) groups is 1. The number of fused-ring (bicyclic) bond motifs is 1.